The first-order chi connectivity index (χ1) is 10.9. The van der Waals surface area contributed by atoms with Gasteiger partial charge in [0.1, 0.15) is 5.82 Å². The monoisotopic (exact) mass is 370 g/mol. The number of benzene rings is 1. The highest BCUT2D eigenvalue weighted by atomic mass is 35.5. The van der Waals surface area contributed by atoms with Crippen LogP contribution in [0.15, 0.2) is 53.6 Å². The van der Waals surface area contributed by atoms with Crippen LogP contribution in [-0.2, 0) is 15.8 Å². The van der Waals surface area contributed by atoms with Gasteiger partial charge >= 0.3 is 0 Å². The third kappa shape index (κ3) is 4.62. The van der Waals surface area contributed by atoms with Crippen molar-refractivity contribution < 1.29 is 8.42 Å². The molecule has 0 saturated heterocycles. The standard InChI is InChI=1S/C16H19ClN2O2S2/c1-3-19(23(20,21)13(2)17)15-10-7-11-16(18-15)22-12-14-8-5-4-6-9-14/h4-11,13H,3,12H2,1-2H3. The van der Waals surface area contributed by atoms with Gasteiger partial charge in [-0.3, -0.25) is 4.31 Å². The molecule has 0 N–H and O–H groups in total. The number of halogens is 1. The summed E-state index contributed by atoms with van der Waals surface area (Å²) in [6, 6.07) is 15.4. The average molecular weight is 371 g/mol. The molecule has 0 amide bonds. The molecule has 0 radical (unpaired) electrons. The summed E-state index contributed by atoms with van der Waals surface area (Å²) in [6.45, 7) is 3.51. The van der Waals surface area contributed by atoms with Crippen molar-refractivity contribution in [1.82, 2.24) is 4.98 Å². The molecule has 0 saturated carbocycles. The van der Waals surface area contributed by atoms with Gasteiger partial charge in [-0.05, 0) is 31.5 Å². The zero-order chi connectivity index (χ0) is 16.9. The Labute approximate surface area is 146 Å². The Kier molecular flexibility index (Phi) is 6.33. The number of thioether (sulfide) groups is 1. The number of anilines is 1. The number of hydrogen-bond donors (Lipinski definition) is 0. The number of hydrogen-bond acceptors (Lipinski definition) is 4. The van der Waals surface area contributed by atoms with Crippen molar-refractivity contribution in [2.75, 3.05) is 10.8 Å². The fraction of sp³-hybridized carbons (Fsp3) is 0.312. The van der Waals surface area contributed by atoms with Gasteiger partial charge in [-0.1, -0.05) is 36.4 Å². The van der Waals surface area contributed by atoms with Gasteiger partial charge in [0.25, 0.3) is 10.0 Å². The van der Waals surface area contributed by atoms with Crippen molar-refractivity contribution in [3.63, 3.8) is 0 Å². The first kappa shape index (κ1) is 18.1. The number of alkyl halides is 1. The molecular weight excluding hydrogens is 352 g/mol. The minimum absolute atomic E-state index is 0.291. The van der Waals surface area contributed by atoms with Crippen LogP contribution in [0.2, 0.25) is 0 Å². The largest absolute Gasteiger partial charge is 0.253 e. The lowest BCUT2D eigenvalue weighted by molar-refractivity contribution is 0.589. The zero-order valence-electron chi connectivity index (χ0n) is 13.0. The van der Waals surface area contributed by atoms with Gasteiger partial charge in [0.05, 0.1) is 5.03 Å². The van der Waals surface area contributed by atoms with Crippen LogP contribution in [0.25, 0.3) is 0 Å². The van der Waals surface area contributed by atoms with E-state index < -0.39 is 14.7 Å². The summed E-state index contributed by atoms with van der Waals surface area (Å²) in [5.74, 6) is 1.18. The van der Waals surface area contributed by atoms with E-state index in [2.05, 4.69) is 17.1 Å². The van der Waals surface area contributed by atoms with Crippen molar-refractivity contribution in [1.29, 1.82) is 0 Å². The van der Waals surface area contributed by atoms with Gasteiger partial charge < -0.3 is 0 Å². The maximum Gasteiger partial charge on any atom is 0.253 e. The molecule has 4 nitrogen and oxygen atoms in total. The van der Waals surface area contributed by atoms with E-state index in [1.54, 1.807) is 24.8 Å². The molecule has 2 aromatic rings. The highest BCUT2D eigenvalue weighted by Gasteiger charge is 2.27. The molecule has 0 aliphatic heterocycles. The molecule has 0 spiro atoms. The number of pyridine rings is 1. The van der Waals surface area contributed by atoms with E-state index in [9.17, 15) is 8.42 Å². The van der Waals surface area contributed by atoms with Crippen molar-refractivity contribution in [2.45, 2.75) is 29.3 Å². The molecule has 0 aliphatic rings. The molecule has 0 aliphatic carbocycles. The second-order valence-electron chi connectivity index (χ2n) is 4.86. The fourth-order valence-electron chi connectivity index (χ4n) is 2.00. The van der Waals surface area contributed by atoms with Gasteiger partial charge in [-0.15, -0.1) is 23.4 Å². The number of rotatable bonds is 7. The van der Waals surface area contributed by atoms with Crippen molar-refractivity contribution in [3.05, 3.63) is 54.1 Å². The summed E-state index contributed by atoms with van der Waals surface area (Å²) < 4.78 is 24.9. The molecule has 1 unspecified atom stereocenters. The van der Waals surface area contributed by atoms with Crippen LogP contribution in [0.3, 0.4) is 0 Å². The Hall–Kier alpha value is -1.24. The van der Waals surface area contributed by atoms with Gasteiger partial charge in [0, 0.05) is 12.3 Å². The molecule has 1 heterocycles. The predicted octanol–water partition coefficient (Wildman–Crippen LogP) is 4.11. The second kappa shape index (κ2) is 8.04. The maximum absolute atomic E-state index is 12.3. The van der Waals surface area contributed by atoms with Crippen LogP contribution in [0.5, 0.6) is 0 Å². The second-order valence-corrected chi connectivity index (χ2v) is 8.95. The third-order valence-corrected chi connectivity index (χ3v) is 6.76. The Bertz CT molecular complexity index is 737. The van der Waals surface area contributed by atoms with E-state index >= 15 is 0 Å². The SMILES string of the molecule is CCN(c1cccc(SCc2ccccc2)n1)S(=O)(=O)C(C)Cl. The van der Waals surface area contributed by atoms with Crippen molar-refractivity contribution in [2.24, 2.45) is 0 Å². The van der Waals surface area contributed by atoms with Crippen molar-refractivity contribution >= 4 is 39.2 Å². The Morgan fingerprint density at radius 1 is 1.17 bits per heavy atom. The topological polar surface area (TPSA) is 50.3 Å². The molecule has 1 atom stereocenters. The highest BCUT2D eigenvalue weighted by Crippen LogP contribution is 2.25. The van der Waals surface area contributed by atoms with Gasteiger partial charge in [0.2, 0.25) is 0 Å². The zero-order valence-corrected chi connectivity index (χ0v) is 15.4. The molecule has 1 aromatic heterocycles. The van der Waals surface area contributed by atoms with Crippen molar-refractivity contribution in [3.8, 4) is 0 Å². The number of aromatic nitrogens is 1. The fourth-order valence-corrected chi connectivity index (χ4v) is 4.20. The lowest BCUT2D eigenvalue weighted by Crippen LogP contribution is -2.36. The van der Waals surface area contributed by atoms with E-state index in [1.807, 2.05) is 30.3 Å². The first-order valence-electron chi connectivity index (χ1n) is 7.24. The van der Waals surface area contributed by atoms with E-state index in [-0.39, 0.29) is 0 Å². The minimum Gasteiger partial charge on any atom is -0.253 e. The summed E-state index contributed by atoms with van der Waals surface area (Å²) in [6.07, 6.45) is 0. The molecule has 1 aromatic carbocycles. The van der Waals surface area contributed by atoms with E-state index in [0.717, 1.165) is 10.8 Å². The Morgan fingerprint density at radius 2 is 1.87 bits per heavy atom. The summed E-state index contributed by atoms with van der Waals surface area (Å²) in [5, 5.41) is 0.780. The number of sulfonamides is 1. The third-order valence-electron chi connectivity index (χ3n) is 3.20. The summed E-state index contributed by atoms with van der Waals surface area (Å²) in [5.41, 5.74) is 1.19. The number of nitrogens with zero attached hydrogens (tertiary/aromatic N) is 2. The average Bonchev–Trinajstić information content (AvgIpc) is 2.54. The van der Waals surface area contributed by atoms with Crippen LogP contribution < -0.4 is 4.31 Å². The van der Waals surface area contributed by atoms with Crippen LogP contribution in [0, 0.1) is 0 Å². The Balaban J connectivity index is 2.18. The van der Waals surface area contributed by atoms with E-state index in [0.29, 0.717) is 12.4 Å². The van der Waals surface area contributed by atoms with Gasteiger partial charge in [-0.2, -0.15) is 0 Å². The molecular formula is C16H19ClN2O2S2. The quantitative estimate of drug-likeness (QED) is 0.543. The first-order valence-corrected chi connectivity index (χ1v) is 10.2. The van der Waals surface area contributed by atoms with Crippen LogP contribution in [-0.4, -0.2) is 24.7 Å². The molecule has 0 fully saturated rings. The van der Waals surface area contributed by atoms with Crippen LogP contribution in [0.1, 0.15) is 19.4 Å². The minimum atomic E-state index is -3.60. The lowest BCUT2D eigenvalue weighted by atomic mass is 10.2. The van der Waals surface area contributed by atoms with E-state index in [4.69, 9.17) is 11.6 Å². The highest BCUT2D eigenvalue weighted by molar-refractivity contribution is 7.98. The lowest BCUT2D eigenvalue weighted by Gasteiger charge is -2.23. The smallest absolute Gasteiger partial charge is 0.253 e. The van der Waals surface area contributed by atoms with Gasteiger partial charge in [-0.25, -0.2) is 13.4 Å². The summed E-state index contributed by atoms with van der Waals surface area (Å²) in [4.78, 5) is 4.46. The normalized spacial score (nSPS) is 12.8. The van der Waals surface area contributed by atoms with E-state index in [1.165, 1.54) is 16.8 Å². The molecule has 2 rings (SSSR count). The molecule has 124 valence electrons. The molecule has 23 heavy (non-hydrogen) atoms. The molecule has 7 heteroatoms. The van der Waals surface area contributed by atoms with Crippen LogP contribution in [0.4, 0.5) is 5.82 Å². The predicted molar refractivity (Wildman–Crippen MR) is 97.5 cm³/mol. The van der Waals surface area contributed by atoms with Gasteiger partial charge in [0.15, 0.2) is 4.71 Å². The summed E-state index contributed by atoms with van der Waals surface area (Å²) >= 11 is 7.38. The maximum atomic E-state index is 12.3. The van der Waals surface area contributed by atoms with Crippen LogP contribution >= 0.6 is 23.4 Å². The molecule has 0 bridgehead atoms. The Morgan fingerprint density at radius 3 is 2.48 bits per heavy atom. The summed E-state index contributed by atoms with van der Waals surface area (Å²) in [7, 11) is -3.60.